The third kappa shape index (κ3) is 3.73. The fraction of sp³-hybridized carbons (Fsp3) is 0.353. The number of hydrogen-bond donors (Lipinski definition) is 2. The van der Waals surface area contributed by atoms with Gasteiger partial charge in [0.1, 0.15) is 5.76 Å². The summed E-state index contributed by atoms with van der Waals surface area (Å²) in [5.74, 6) is -0.435. The Bertz CT molecular complexity index is 602. The van der Waals surface area contributed by atoms with E-state index in [0.29, 0.717) is 5.76 Å². The average molecular weight is 287 g/mol. The van der Waals surface area contributed by atoms with Gasteiger partial charge in [0.25, 0.3) is 0 Å². The first-order valence-electron chi connectivity index (χ1n) is 7.02. The number of hydrogen-bond acceptors (Lipinski definition) is 3. The van der Waals surface area contributed by atoms with Crippen molar-refractivity contribution in [2.45, 2.75) is 32.2 Å². The average Bonchev–Trinajstić information content (AvgIpc) is 2.96. The van der Waals surface area contributed by atoms with Crippen LogP contribution >= 0.6 is 0 Å². The normalized spacial score (nSPS) is 13.1. The fourth-order valence-electron chi connectivity index (χ4n) is 2.20. The summed E-state index contributed by atoms with van der Waals surface area (Å²) in [6.45, 7) is 7.08. The van der Waals surface area contributed by atoms with Gasteiger partial charge in [-0.25, -0.2) is 4.79 Å². The molecule has 0 aliphatic carbocycles. The van der Waals surface area contributed by atoms with Gasteiger partial charge in [-0.05, 0) is 24.6 Å². The molecule has 0 aliphatic heterocycles. The quantitative estimate of drug-likeness (QED) is 0.852. The van der Waals surface area contributed by atoms with Gasteiger partial charge in [-0.1, -0.05) is 44.2 Å². The lowest BCUT2D eigenvalue weighted by molar-refractivity contribution is 0.0659. The minimum atomic E-state index is -1.04. The highest BCUT2D eigenvalue weighted by Gasteiger charge is 2.22. The molecule has 0 amide bonds. The second kappa shape index (κ2) is 6.14. The molecule has 0 radical (unpaired) electrons. The van der Waals surface area contributed by atoms with Crippen molar-refractivity contribution in [3.8, 4) is 0 Å². The summed E-state index contributed by atoms with van der Waals surface area (Å²) in [4.78, 5) is 10.8. The highest BCUT2D eigenvalue weighted by molar-refractivity contribution is 5.84. The number of nitrogens with one attached hydrogen (secondary N) is 1. The van der Waals surface area contributed by atoms with E-state index < -0.39 is 5.97 Å². The van der Waals surface area contributed by atoms with Crippen molar-refractivity contribution < 1.29 is 14.3 Å². The topological polar surface area (TPSA) is 62.5 Å². The predicted molar refractivity (Wildman–Crippen MR) is 81.6 cm³/mol. The van der Waals surface area contributed by atoms with Crippen LogP contribution < -0.4 is 5.32 Å². The number of furan rings is 1. The summed E-state index contributed by atoms with van der Waals surface area (Å²) in [6.07, 6.45) is 0. The summed E-state index contributed by atoms with van der Waals surface area (Å²) in [5.41, 5.74) is 1.24. The molecule has 0 aliphatic rings. The molecule has 0 saturated carbocycles. The number of carboxylic acid groups (broad SMARTS) is 1. The third-order valence-electron chi connectivity index (χ3n) is 3.67. The lowest BCUT2D eigenvalue weighted by atomic mass is 9.84. The summed E-state index contributed by atoms with van der Waals surface area (Å²) >= 11 is 0. The maximum atomic E-state index is 10.8. The van der Waals surface area contributed by atoms with Gasteiger partial charge in [0.05, 0.1) is 6.04 Å². The highest BCUT2D eigenvalue weighted by atomic mass is 16.4. The van der Waals surface area contributed by atoms with Gasteiger partial charge >= 0.3 is 5.97 Å². The largest absolute Gasteiger partial charge is 0.475 e. The first-order valence-corrected chi connectivity index (χ1v) is 7.02. The van der Waals surface area contributed by atoms with E-state index in [4.69, 9.17) is 9.52 Å². The first kappa shape index (κ1) is 15.3. The van der Waals surface area contributed by atoms with Crippen molar-refractivity contribution in [3.63, 3.8) is 0 Å². The maximum Gasteiger partial charge on any atom is 0.371 e. The summed E-state index contributed by atoms with van der Waals surface area (Å²) in [5, 5.41) is 12.3. The third-order valence-corrected chi connectivity index (χ3v) is 3.67. The molecule has 112 valence electrons. The molecule has 1 aromatic carbocycles. The molecular weight excluding hydrogens is 266 g/mol. The second-order valence-corrected chi connectivity index (χ2v) is 5.86. The van der Waals surface area contributed by atoms with Gasteiger partial charge in [-0.15, -0.1) is 0 Å². The van der Waals surface area contributed by atoms with Crippen LogP contribution in [0.4, 0.5) is 0 Å². The van der Waals surface area contributed by atoms with Crippen LogP contribution in [0.15, 0.2) is 46.9 Å². The van der Waals surface area contributed by atoms with Crippen molar-refractivity contribution in [3.05, 3.63) is 59.5 Å². The Morgan fingerprint density at radius 3 is 2.48 bits per heavy atom. The molecule has 2 N–H and O–H groups in total. The van der Waals surface area contributed by atoms with Crippen molar-refractivity contribution in [1.29, 1.82) is 0 Å². The molecule has 4 nitrogen and oxygen atoms in total. The monoisotopic (exact) mass is 287 g/mol. The molecule has 4 heteroatoms. The molecule has 2 aromatic rings. The van der Waals surface area contributed by atoms with Gasteiger partial charge in [0, 0.05) is 12.0 Å². The lowest BCUT2D eigenvalue weighted by Crippen LogP contribution is -2.34. The second-order valence-electron chi connectivity index (χ2n) is 5.86. The molecule has 0 spiro atoms. The highest BCUT2D eigenvalue weighted by Crippen LogP contribution is 2.24. The summed E-state index contributed by atoms with van der Waals surface area (Å²) in [7, 11) is 0. The Hall–Kier alpha value is -2.07. The molecule has 21 heavy (non-hydrogen) atoms. The molecule has 0 fully saturated rings. The molecule has 2 rings (SSSR count). The van der Waals surface area contributed by atoms with Gasteiger partial charge in [0.15, 0.2) is 0 Å². The van der Waals surface area contributed by atoms with E-state index in [0.717, 1.165) is 6.54 Å². The van der Waals surface area contributed by atoms with E-state index in [1.165, 1.54) is 11.6 Å². The van der Waals surface area contributed by atoms with Crippen LogP contribution in [0.1, 0.15) is 48.7 Å². The zero-order valence-corrected chi connectivity index (χ0v) is 12.6. The number of carboxylic acids is 1. The van der Waals surface area contributed by atoms with Crippen LogP contribution in [0.3, 0.4) is 0 Å². The van der Waals surface area contributed by atoms with Crippen LogP contribution in [0.25, 0.3) is 0 Å². The zero-order valence-electron chi connectivity index (χ0n) is 12.6. The van der Waals surface area contributed by atoms with Crippen molar-refractivity contribution in [2.75, 3.05) is 6.54 Å². The van der Waals surface area contributed by atoms with Crippen LogP contribution in [0.5, 0.6) is 0 Å². The molecule has 1 atom stereocenters. The lowest BCUT2D eigenvalue weighted by Gasteiger charge is -2.27. The Morgan fingerprint density at radius 2 is 1.90 bits per heavy atom. The molecular formula is C17H21NO3. The standard InChI is InChI=1S/C17H21NO3/c1-12(14-9-10-15(21-14)16(19)20)18-11-17(2,3)13-7-5-4-6-8-13/h4-10,12,18H,11H2,1-3H3,(H,19,20). The Labute approximate surface area is 124 Å². The van der Waals surface area contributed by atoms with E-state index in [9.17, 15) is 4.79 Å². The van der Waals surface area contributed by atoms with Gasteiger partial charge < -0.3 is 14.8 Å². The number of aromatic carboxylic acids is 1. The Morgan fingerprint density at radius 1 is 1.24 bits per heavy atom. The number of rotatable bonds is 6. The van der Waals surface area contributed by atoms with Crippen LogP contribution in [0.2, 0.25) is 0 Å². The van der Waals surface area contributed by atoms with Crippen LogP contribution in [0, 0.1) is 0 Å². The zero-order chi connectivity index (χ0) is 15.5. The summed E-state index contributed by atoms with van der Waals surface area (Å²) in [6, 6.07) is 13.4. The molecule has 1 aromatic heterocycles. The summed E-state index contributed by atoms with van der Waals surface area (Å²) < 4.78 is 5.32. The van der Waals surface area contributed by atoms with Gasteiger partial charge in [0.2, 0.25) is 5.76 Å². The molecule has 0 saturated heterocycles. The van der Waals surface area contributed by atoms with E-state index >= 15 is 0 Å². The molecule has 1 heterocycles. The first-order chi connectivity index (χ1) is 9.90. The maximum absolute atomic E-state index is 10.8. The van der Waals surface area contributed by atoms with Gasteiger partial charge in [-0.3, -0.25) is 0 Å². The van der Waals surface area contributed by atoms with Crippen molar-refractivity contribution in [2.24, 2.45) is 0 Å². The number of benzene rings is 1. The fourth-order valence-corrected chi connectivity index (χ4v) is 2.20. The minimum absolute atomic E-state index is 0.0161. The molecule has 0 bridgehead atoms. The van der Waals surface area contributed by atoms with E-state index in [2.05, 4.69) is 31.3 Å². The van der Waals surface area contributed by atoms with E-state index in [-0.39, 0.29) is 17.2 Å². The van der Waals surface area contributed by atoms with Gasteiger partial charge in [-0.2, -0.15) is 0 Å². The number of carbonyl (C=O) groups is 1. The van der Waals surface area contributed by atoms with Crippen LogP contribution in [-0.4, -0.2) is 17.6 Å². The van der Waals surface area contributed by atoms with E-state index in [1.807, 2.05) is 25.1 Å². The van der Waals surface area contributed by atoms with Crippen molar-refractivity contribution >= 4 is 5.97 Å². The van der Waals surface area contributed by atoms with E-state index in [1.54, 1.807) is 6.07 Å². The Balaban J connectivity index is 2.00. The minimum Gasteiger partial charge on any atom is -0.475 e. The predicted octanol–water partition coefficient (Wildman–Crippen LogP) is 3.61. The van der Waals surface area contributed by atoms with Crippen LogP contribution in [-0.2, 0) is 5.41 Å². The molecule has 1 unspecified atom stereocenters. The Kier molecular flexibility index (Phi) is 4.48. The smallest absolute Gasteiger partial charge is 0.371 e. The van der Waals surface area contributed by atoms with Crippen molar-refractivity contribution in [1.82, 2.24) is 5.32 Å². The SMILES string of the molecule is CC(NCC(C)(C)c1ccccc1)c1ccc(C(=O)O)o1.